The summed E-state index contributed by atoms with van der Waals surface area (Å²) in [6, 6.07) is 9.68. The normalized spacial score (nSPS) is 17.9. The van der Waals surface area contributed by atoms with Crippen molar-refractivity contribution in [1.29, 1.82) is 0 Å². The Bertz CT molecular complexity index is 433. The fourth-order valence-corrected chi connectivity index (χ4v) is 2.19. The Hall–Kier alpha value is -1.39. The van der Waals surface area contributed by atoms with Crippen LogP contribution in [0.3, 0.4) is 0 Å². The number of hydrogen-bond acceptors (Lipinski definition) is 3. The lowest BCUT2D eigenvalue weighted by Crippen LogP contribution is -2.44. The summed E-state index contributed by atoms with van der Waals surface area (Å²) in [6.07, 6.45) is -0.547. The summed E-state index contributed by atoms with van der Waals surface area (Å²) >= 11 is 0. The molecule has 0 bridgehead atoms. The van der Waals surface area contributed by atoms with E-state index in [0.717, 1.165) is 5.56 Å². The molecule has 0 aliphatic carbocycles. The fraction of sp³-hybridized carbons (Fsp3) is 0.562. The van der Waals surface area contributed by atoms with Crippen molar-refractivity contribution in [3.8, 4) is 0 Å². The van der Waals surface area contributed by atoms with Gasteiger partial charge in [-0.1, -0.05) is 30.3 Å². The molecule has 1 amide bonds. The van der Waals surface area contributed by atoms with Crippen LogP contribution < -0.4 is 0 Å². The summed E-state index contributed by atoms with van der Waals surface area (Å²) in [4.78, 5) is 14.5. The van der Waals surface area contributed by atoms with E-state index >= 15 is 0 Å². The topological polar surface area (TPSA) is 38.8 Å². The van der Waals surface area contributed by atoms with Gasteiger partial charge in [0.1, 0.15) is 0 Å². The molecule has 0 radical (unpaired) electrons. The van der Waals surface area contributed by atoms with Crippen LogP contribution in [-0.4, -0.2) is 42.7 Å². The number of benzene rings is 1. The van der Waals surface area contributed by atoms with Gasteiger partial charge in [0.05, 0.1) is 18.8 Å². The summed E-state index contributed by atoms with van der Waals surface area (Å²) in [6.45, 7) is 8.37. The van der Waals surface area contributed by atoms with Crippen LogP contribution in [0.4, 0.5) is 0 Å². The number of morpholine rings is 1. The third-order valence-electron chi connectivity index (χ3n) is 3.12. The highest BCUT2D eigenvalue weighted by molar-refractivity contribution is 5.82. The Morgan fingerprint density at radius 1 is 1.20 bits per heavy atom. The molecule has 1 saturated heterocycles. The Morgan fingerprint density at radius 2 is 1.80 bits per heavy atom. The first-order valence-corrected chi connectivity index (χ1v) is 7.07. The quantitative estimate of drug-likeness (QED) is 0.851. The number of amides is 1. The lowest BCUT2D eigenvalue weighted by atomic mass is 10.1. The highest BCUT2D eigenvalue weighted by Crippen LogP contribution is 2.26. The zero-order valence-corrected chi connectivity index (χ0v) is 12.5. The predicted octanol–water partition coefficient (Wildman–Crippen LogP) is 2.40. The van der Waals surface area contributed by atoms with Crippen LogP contribution >= 0.6 is 0 Å². The lowest BCUT2D eigenvalue weighted by molar-refractivity contribution is -0.157. The second-order valence-corrected chi connectivity index (χ2v) is 5.96. The van der Waals surface area contributed by atoms with E-state index in [-0.39, 0.29) is 11.5 Å². The minimum absolute atomic E-state index is 0.0226. The van der Waals surface area contributed by atoms with Gasteiger partial charge in [-0.25, -0.2) is 0 Å². The van der Waals surface area contributed by atoms with E-state index in [4.69, 9.17) is 9.47 Å². The van der Waals surface area contributed by atoms with Gasteiger partial charge in [0.15, 0.2) is 6.10 Å². The molecule has 2 rings (SSSR count). The van der Waals surface area contributed by atoms with Crippen molar-refractivity contribution < 1.29 is 14.3 Å². The fourth-order valence-electron chi connectivity index (χ4n) is 2.19. The first-order valence-electron chi connectivity index (χ1n) is 7.07. The molecule has 1 heterocycles. The number of carbonyl (C=O) groups is 1. The second-order valence-electron chi connectivity index (χ2n) is 5.96. The van der Waals surface area contributed by atoms with Crippen LogP contribution in [0.2, 0.25) is 0 Å². The second kappa shape index (κ2) is 6.37. The standard InChI is InChI=1S/C16H23NO3/c1-16(2,3)20-14(13-7-5-4-6-8-13)15(18)17-9-11-19-12-10-17/h4-8,14H,9-12H2,1-3H3. The third kappa shape index (κ3) is 4.05. The molecule has 0 aromatic heterocycles. The Kier molecular flexibility index (Phi) is 4.78. The number of rotatable bonds is 3. The van der Waals surface area contributed by atoms with E-state index in [1.165, 1.54) is 0 Å². The molecular weight excluding hydrogens is 254 g/mol. The van der Waals surface area contributed by atoms with Crippen molar-refractivity contribution in [3.63, 3.8) is 0 Å². The van der Waals surface area contributed by atoms with Crippen molar-refractivity contribution in [3.05, 3.63) is 35.9 Å². The van der Waals surface area contributed by atoms with Crippen molar-refractivity contribution in [2.24, 2.45) is 0 Å². The maximum Gasteiger partial charge on any atom is 0.256 e. The van der Waals surface area contributed by atoms with Gasteiger partial charge >= 0.3 is 0 Å². The molecule has 0 N–H and O–H groups in total. The molecule has 1 aromatic rings. The Morgan fingerprint density at radius 3 is 2.35 bits per heavy atom. The lowest BCUT2D eigenvalue weighted by Gasteiger charge is -2.33. The van der Waals surface area contributed by atoms with E-state index in [0.29, 0.717) is 26.3 Å². The maximum atomic E-state index is 12.7. The van der Waals surface area contributed by atoms with Crippen molar-refractivity contribution >= 4 is 5.91 Å². The molecule has 4 nitrogen and oxygen atoms in total. The van der Waals surface area contributed by atoms with Crippen molar-refractivity contribution in [1.82, 2.24) is 4.90 Å². The first-order chi connectivity index (χ1) is 9.47. The van der Waals surface area contributed by atoms with Gasteiger partial charge in [0.2, 0.25) is 0 Å². The highest BCUT2D eigenvalue weighted by atomic mass is 16.5. The molecule has 1 aliphatic rings. The molecule has 1 unspecified atom stereocenters. The van der Waals surface area contributed by atoms with E-state index < -0.39 is 6.10 Å². The molecule has 1 fully saturated rings. The van der Waals surface area contributed by atoms with Gasteiger partial charge in [0, 0.05) is 13.1 Å². The third-order valence-corrected chi connectivity index (χ3v) is 3.12. The average Bonchev–Trinajstić information content (AvgIpc) is 2.45. The smallest absolute Gasteiger partial charge is 0.256 e. The van der Waals surface area contributed by atoms with E-state index in [2.05, 4.69) is 0 Å². The Labute approximate surface area is 120 Å². The molecule has 1 aromatic carbocycles. The van der Waals surface area contributed by atoms with Gasteiger partial charge in [-0.3, -0.25) is 4.79 Å². The van der Waals surface area contributed by atoms with E-state index in [1.54, 1.807) is 0 Å². The van der Waals surface area contributed by atoms with E-state index in [9.17, 15) is 4.79 Å². The van der Waals surface area contributed by atoms with Crippen LogP contribution in [-0.2, 0) is 14.3 Å². The molecule has 20 heavy (non-hydrogen) atoms. The van der Waals surface area contributed by atoms with Crippen LogP contribution in [0.1, 0.15) is 32.4 Å². The minimum atomic E-state index is -0.547. The summed E-state index contributed by atoms with van der Waals surface area (Å²) in [5.41, 5.74) is 0.529. The SMILES string of the molecule is CC(C)(C)OC(C(=O)N1CCOCC1)c1ccccc1. The largest absolute Gasteiger partial charge is 0.378 e. The highest BCUT2D eigenvalue weighted by Gasteiger charge is 2.31. The molecule has 4 heteroatoms. The monoisotopic (exact) mass is 277 g/mol. The predicted molar refractivity (Wildman–Crippen MR) is 77.4 cm³/mol. The minimum Gasteiger partial charge on any atom is -0.378 e. The van der Waals surface area contributed by atoms with E-state index in [1.807, 2.05) is 56.0 Å². The summed E-state index contributed by atoms with van der Waals surface area (Å²) in [5, 5.41) is 0. The van der Waals surface area contributed by atoms with Crippen molar-refractivity contribution in [2.45, 2.75) is 32.5 Å². The Balaban J connectivity index is 2.19. The average molecular weight is 277 g/mol. The first kappa shape index (κ1) is 15.0. The van der Waals surface area contributed by atoms with Crippen LogP contribution in [0, 0.1) is 0 Å². The molecule has 1 aliphatic heterocycles. The zero-order valence-electron chi connectivity index (χ0n) is 12.5. The number of carbonyl (C=O) groups excluding carboxylic acids is 1. The molecular formula is C16H23NO3. The van der Waals surface area contributed by atoms with Gasteiger partial charge in [-0.05, 0) is 26.3 Å². The summed E-state index contributed by atoms with van der Waals surface area (Å²) in [5.74, 6) is 0.0226. The van der Waals surface area contributed by atoms with Crippen LogP contribution in [0.25, 0.3) is 0 Å². The van der Waals surface area contributed by atoms with Gasteiger partial charge in [0.25, 0.3) is 5.91 Å². The maximum absolute atomic E-state index is 12.7. The number of ether oxygens (including phenoxy) is 2. The molecule has 0 spiro atoms. The van der Waals surface area contributed by atoms with Crippen molar-refractivity contribution in [2.75, 3.05) is 26.3 Å². The number of hydrogen-bond donors (Lipinski definition) is 0. The summed E-state index contributed by atoms with van der Waals surface area (Å²) < 4.78 is 11.3. The number of nitrogens with zero attached hydrogens (tertiary/aromatic N) is 1. The molecule has 1 atom stereocenters. The van der Waals surface area contributed by atoms with Crippen LogP contribution in [0.5, 0.6) is 0 Å². The van der Waals surface area contributed by atoms with Gasteiger partial charge in [-0.2, -0.15) is 0 Å². The summed E-state index contributed by atoms with van der Waals surface area (Å²) in [7, 11) is 0. The van der Waals surface area contributed by atoms with Gasteiger partial charge < -0.3 is 14.4 Å². The molecule has 110 valence electrons. The zero-order chi connectivity index (χ0) is 14.6. The molecule has 0 saturated carbocycles. The van der Waals surface area contributed by atoms with Gasteiger partial charge in [-0.15, -0.1) is 0 Å². The van der Waals surface area contributed by atoms with Crippen LogP contribution in [0.15, 0.2) is 30.3 Å².